The van der Waals surface area contributed by atoms with Crippen LogP contribution in [-0.4, -0.2) is 17.7 Å². The Morgan fingerprint density at radius 1 is 0.933 bits per heavy atom. The molecule has 1 aliphatic heterocycles. The molecule has 2 aromatic rings. The van der Waals surface area contributed by atoms with Gasteiger partial charge in [0.1, 0.15) is 17.9 Å². The molecule has 0 bridgehead atoms. The van der Waals surface area contributed by atoms with Crippen molar-refractivity contribution in [2.24, 2.45) is 0 Å². The molecular formula is C23H20Br2O5. The fourth-order valence-corrected chi connectivity index (χ4v) is 5.11. The number of halogens is 2. The van der Waals surface area contributed by atoms with E-state index in [0.29, 0.717) is 39.7 Å². The van der Waals surface area contributed by atoms with Crippen LogP contribution in [0.3, 0.4) is 0 Å². The largest absolute Gasteiger partial charge is 0.487 e. The second kappa shape index (κ2) is 8.94. The van der Waals surface area contributed by atoms with E-state index >= 15 is 0 Å². The Kier molecular flexibility index (Phi) is 6.29. The maximum absolute atomic E-state index is 12.5. The number of hydrogen-bond donors (Lipinski definition) is 0. The third-order valence-electron chi connectivity index (χ3n) is 5.17. The molecule has 1 saturated heterocycles. The molecule has 0 N–H and O–H groups in total. The normalized spacial score (nSPS) is 18.0. The summed E-state index contributed by atoms with van der Waals surface area (Å²) in [6.45, 7) is 0.416. The summed E-state index contributed by atoms with van der Waals surface area (Å²) in [4.78, 5) is 25.1. The first-order chi connectivity index (χ1) is 14.5. The van der Waals surface area contributed by atoms with Crippen LogP contribution >= 0.6 is 31.9 Å². The molecule has 0 radical (unpaired) electrons. The topological polar surface area (TPSA) is 61.8 Å². The molecular weight excluding hydrogens is 516 g/mol. The quantitative estimate of drug-likeness (QED) is 0.275. The van der Waals surface area contributed by atoms with Gasteiger partial charge >= 0.3 is 11.9 Å². The SMILES string of the molecule is O=C1OC2(CCCCC2)OC(=O)C1=Cc1cc(Br)c(OCc2ccccc2)c(Br)c1. The molecule has 1 aliphatic carbocycles. The molecule has 5 nitrogen and oxygen atoms in total. The average Bonchev–Trinajstić information content (AvgIpc) is 2.71. The highest BCUT2D eigenvalue weighted by Gasteiger charge is 2.46. The Balaban J connectivity index is 1.52. The Morgan fingerprint density at radius 2 is 1.53 bits per heavy atom. The minimum Gasteiger partial charge on any atom is -0.487 e. The Morgan fingerprint density at radius 3 is 2.13 bits per heavy atom. The summed E-state index contributed by atoms with van der Waals surface area (Å²) in [6.07, 6.45) is 5.41. The van der Waals surface area contributed by atoms with Gasteiger partial charge in [-0.3, -0.25) is 0 Å². The van der Waals surface area contributed by atoms with E-state index in [0.717, 1.165) is 24.8 Å². The summed E-state index contributed by atoms with van der Waals surface area (Å²) in [5.74, 6) is -1.72. The molecule has 1 spiro atoms. The summed E-state index contributed by atoms with van der Waals surface area (Å²) in [6, 6.07) is 13.4. The van der Waals surface area contributed by atoms with Crippen molar-refractivity contribution in [3.8, 4) is 5.75 Å². The van der Waals surface area contributed by atoms with E-state index in [4.69, 9.17) is 14.2 Å². The molecule has 1 saturated carbocycles. The highest BCUT2D eigenvalue weighted by atomic mass is 79.9. The van der Waals surface area contributed by atoms with Crippen molar-refractivity contribution in [3.05, 3.63) is 68.1 Å². The van der Waals surface area contributed by atoms with Gasteiger partial charge in [-0.1, -0.05) is 36.8 Å². The Bertz CT molecular complexity index is 949. The van der Waals surface area contributed by atoms with Crippen LogP contribution in [0.5, 0.6) is 5.75 Å². The smallest absolute Gasteiger partial charge is 0.348 e. The van der Waals surface area contributed by atoms with Gasteiger partial charge in [-0.15, -0.1) is 0 Å². The zero-order chi connectivity index (χ0) is 21.1. The lowest BCUT2D eigenvalue weighted by Crippen LogP contribution is -2.47. The minimum absolute atomic E-state index is 0.108. The second-order valence-electron chi connectivity index (χ2n) is 7.40. The lowest BCUT2D eigenvalue weighted by Gasteiger charge is -2.38. The predicted molar refractivity (Wildman–Crippen MR) is 119 cm³/mol. The van der Waals surface area contributed by atoms with Crippen LogP contribution < -0.4 is 4.74 Å². The summed E-state index contributed by atoms with van der Waals surface area (Å²) in [5, 5.41) is 0. The molecule has 2 aliphatic rings. The summed E-state index contributed by atoms with van der Waals surface area (Å²) in [7, 11) is 0. The van der Waals surface area contributed by atoms with Gasteiger partial charge in [0.15, 0.2) is 0 Å². The van der Waals surface area contributed by atoms with Gasteiger partial charge in [0, 0.05) is 12.8 Å². The number of benzene rings is 2. The van der Waals surface area contributed by atoms with Gasteiger partial charge in [-0.2, -0.15) is 0 Å². The molecule has 4 rings (SSSR count). The van der Waals surface area contributed by atoms with E-state index in [9.17, 15) is 9.59 Å². The van der Waals surface area contributed by atoms with Crippen LogP contribution in [0.4, 0.5) is 0 Å². The van der Waals surface area contributed by atoms with Crippen LogP contribution in [0.1, 0.15) is 43.2 Å². The number of hydrogen-bond acceptors (Lipinski definition) is 5. The van der Waals surface area contributed by atoms with Crippen LogP contribution in [0.25, 0.3) is 6.08 Å². The first kappa shape index (κ1) is 21.1. The molecule has 0 unspecified atom stereocenters. The van der Waals surface area contributed by atoms with Crippen molar-refractivity contribution < 1.29 is 23.8 Å². The number of carbonyl (C=O) groups excluding carboxylic acids is 2. The number of ether oxygens (including phenoxy) is 3. The fraction of sp³-hybridized carbons (Fsp3) is 0.304. The van der Waals surface area contributed by atoms with E-state index in [1.807, 2.05) is 30.3 Å². The van der Waals surface area contributed by atoms with Crippen molar-refractivity contribution in [2.75, 3.05) is 0 Å². The minimum atomic E-state index is -1.08. The van der Waals surface area contributed by atoms with Crippen molar-refractivity contribution in [2.45, 2.75) is 44.5 Å². The van der Waals surface area contributed by atoms with E-state index in [1.54, 1.807) is 12.1 Å². The van der Waals surface area contributed by atoms with Crippen molar-refractivity contribution in [1.29, 1.82) is 0 Å². The van der Waals surface area contributed by atoms with Gasteiger partial charge < -0.3 is 14.2 Å². The van der Waals surface area contributed by atoms with Crippen molar-refractivity contribution in [1.82, 2.24) is 0 Å². The zero-order valence-corrected chi connectivity index (χ0v) is 19.3. The third kappa shape index (κ3) is 4.62. The van der Waals surface area contributed by atoms with Crippen LogP contribution in [-0.2, 0) is 25.7 Å². The van der Waals surface area contributed by atoms with Crippen molar-refractivity contribution >= 4 is 49.9 Å². The zero-order valence-electron chi connectivity index (χ0n) is 16.2. The molecule has 2 aromatic carbocycles. The number of rotatable bonds is 4. The van der Waals surface area contributed by atoms with Gasteiger partial charge in [-0.05, 0) is 74.0 Å². The van der Waals surface area contributed by atoms with E-state index in [-0.39, 0.29) is 5.57 Å². The second-order valence-corrected chi connectivity index (χ2v) is 9.11. The molecule has 7 heteroatoms. The molecule has 1 heterocycles. The summed E-state index contributed by atoms with van der Waals surface area (Å²) in [5.41, 5.74) is 1.58. The Hall–Kier alpha value is -2.12. The first-order valence-corrected chi connectivity index (χ1v) is 11.4. The maximum atomic E-state index is 12.5. The van der Waals surface area contributed by atoms with Crippen molar-refractivity contribution in [3.63, 3.8) is 0 Å². The monoisotopic (exact) mass is 534 g/mol. The third-order valence-corrected chi connectivity index (χ3v) is 6.35. The van der Waals surface area contributed by atoms with Crippen LogP contribution in [0.2, 0.25) is 0 Å². The van der Waals surface area contributed by atoms with E-state index < -0.39 is 17.7 Å². The average molecular weight is 536 g/mol. The van der Waals surface area contributed by atoms with Gasteiger partial charge in [0.25, 0.3) is 5.79 Å². The summed E-state index contributed by atoms with van der Waals surface area (Å²) >= 11 is 7.01. The first-order valence-electron chi connectivity index (χ1n) is 9.80. The molecule has 0 atom stereocenters. The highest BCUT2D eigenvalue weighted by Crippen LogP contribution is 2.39. The molecule has 30 heavy (non-hydrogen) atoms. The number of esters is 2. The van der Waals surface area contributed by atoms with Crippen LogP contribution in [0.15, 0.2) is 57.0 Å². The number of carbonyl (C=O) groups is 2. The van der Waals surface area contributed by atoms with Gasteiger partial charge in [0.05, 0.1) is 8.95 Å². The lowest BCUT2D eigenvalue weighted by molar-refractivity contribution is -0.244. The predicted octanol–water partition coefficient (Wildman–Crippen LogP) is 5.93. The van der Waals surface area contributed by atoms with Gasteiger partial charge in [0.2, 0.25) is 0 Å². The molecule has 156 valence electrons. The fourth-order valence-electron chi connectivity index (χ4n) is 3.66. The standard InChI is InChI=1S/C23H20Br2O5/c24-18-12-16(13-19(25)20(18)28-14-15-7-3-1-4-8-15)11-17-21(26)29-23(30-22(17)27)9-5-2-6-10-23/h1,3-4,7-8,11-13H,2,5-6,9-10,14H2. The van der Waals surface area contributed by atoms with E-state index in [1.165, 1.54) is 6.08 Å². The maximum Gasteiger partial charge on any atom is 0.348 e. The molecule has 0 amide bonds. The molecule has 2 fully saturated rings. The van der Waals surface area contributed by atoms with Crippen LogP contribution in [0, 0.1) is 0 Å². The highest BCUT2D eigenvalue weighted by molar-refractivity contribution is 9.11. The summed E-state index contributed by atoms with van der Waals surface area (Å²) < 4.78 is 18.4. The molecule has 0 aromatic heterocycles. The van der Waals surface area contributed by atoms with E-state index in [2.05, 4.69) is 31.9 Å². The lowest BCUT2D eigenvalue weighted by atomic mass is 9.93. The van der Waals surface area contributed by atoms with Gasteiger partial charge in [-0.25, -0.2) is 9.59 Å². The Labute approximate surface area is 191 Å².